The van der Waals surface area contributed by atoms with E-state index in [-0.39, 0.29) is 11.6 Å². The lowest BCUT2D eigenvalue weighted by Gasteiger charge is -2.04. The van der Waals surface area contributed by atoms with Gasteiger partial charge in [-0.25, -0.2) is 4.39 Å². The molecule has 0 radical (unpaired) electrons. The summed E-state index contributed by atoms with van der Waals surface area (Å²) in [5, 5.41) is 0.602. The molecule has 0 atom stereocenters. The molecule has 2 aromatic carbocycles. The van der Waals surface area contributed by atoms with Gasteiger partial charge in [-0.2, -0.15) is 0 Å². The molecule has 0 aliphatic carbocycles. The number of benzene rings is 2. The molecule has 92 valence electrons. The van der Waals surface area contributed by atoms with Gasteiger partial charge in [0.1, 0.15) is 11.6 Å². The van der Waals surface area contributed by atoms with Crippen LogP contribution in [0.4, 0.5) is 4.39 Å². The average molecular weight is 263 g/mol. The molecule has 2 rings (SSSR count). The lowest BCUT2D eigenvalue weighted by atomic mass is 10.0. The normalized spacial score (nSPS) is 10.3. The van der Waals surface area contributed by atoms with E-state index in [0.717, 1.165) is 11.1 Å². The molecule has 0 aliphatic rings. The van der Waals surface area contributed by atoms with Crippen molar-refractivity contribution in [1.82, 2.24) is 0 Å². The standard InChI is InChI=1S/C15H12ClFO/c16-15-4-2-1-3-12(15)10-14(18)9-11-5-7-13(17)8-6-11/h1-8H,9-10H2. The predicted octanol–water partition coefficient (Wildman–Crippen LogP) is 3.83. The maximum atomic E-state index is 12.7. The third-order valence-corrected chi connectivity index (χ3v) is 3.03. The van der Waals surface area contributed by atoms with Gasteiger partial charge in [-0.1, -0.05) is 41.9 Å². The maximum Gasteiger partial charge on any atom is 0.141 e. The van der Waals surface area contributed by atoms with E-state index in [2.05, 4.69) is 0 Å². The topological polar surface area (TPSA) is 17.1 Å². The molecule has 0 spiro atoms. The van der Waals surface area contributed by atoms with Gasteiger partial charge in [-0.3, -0.25) is 4.79 Å². The van der Waals surface area contributed by atoms with Gasteiger partial charge in [-0.15, -0.1) is 0 Å². The van der Waals surface area contributed by atoms with E-state index in [9.17, 15) is 9.18 Å². The SMILES string of the molecule is O=C(Cc1ccc(F)cc1)Cc1ccccc1Cl. The van der Waals surface area contributed by atoms with Crippen LogP contribution in [0.5, 0.6) is 0 Å². The van der Waals surface area contributed by atoms with Crippen LogP contribution < -0.4 is 0 Å². The summed E-state index contributed by atoms with van der Waals surface area (Å²) in [6.07, 6.45) is 0.600. The number of ketones is 1. The van der Waals surface area contributed by atoms with Crippen LogP contribution in [0.2, 0.25) is 5.02 Å². The summed E-state index contributed by atoms with van der Waals surface area (Å²) in [6, 6.07) is 13.3. The van der Waals surface area contributed by atoms with Gasteiger partial charge in [0.25, 0.3) is 0 Å². The van der Waals surface area contributed by atoms with Crippen molar-refractivity contribution in [1.29, 1.82) is 0 Å². The zero-order valence-corrected chi connectivity index (χ0v) is 10.5. The number of carbonyl (C=O) groups excluding carboxylic acids is 1. The minimum atomic E-state index is -0.294. The Balaban J connectivity index is 2.01. The molecule has 3 heteroatoms. The number of Topliss-reactive ketones (excluding diaryl/α,β-unsaturated/α-hetero) is 1. The van der Waals surface area contributed by atoms with Crippen molar-refractivity contribution < 1.29 is 9.18 Å². The Morgan fingerprint density at radius 2 is 1.67 bits per heavy atom. The Morgan fingerprint density at radius 3 is 2.33 bits per heavy atom. The molecule has 0 N–H and O–H groups in total. The van der Waals surface area contributed by atoms with E-state index in [4.69, 9.17) is 11.6 Å². The molecule has 0 fully saturated rings. The van der Waals surface area contributed by atoms with E-state index in [0.29, 0.717) is 17.9 Å². The summed E-state index contributed by atoms with van der Waals surface area (Å²) in [6.45, 7) is 0. The number of hydrogen-bond donors (Lipinski definition) is 0. The van der Waals surface area contributed by atoms with Crippen LogP contribution in [0.1, 0.15) is 11.1 Å². The molecule has 1 nitrogen and oxygen atoms in total. The van der Waals surface area contributed by atoms with Crippen molar-refractivity contribution in [3.8, 4) is 0 Å². The number of carbonyl (C=O) groups is 1. The lowest BCUT2D eigenvalue weighted by molar-refractivity contribution is -0.117. The van der Waals surface area contributed by atoms with E-state index >= 15 is 0 Å². The molecule has 0 amide bonds. The summed E-state index contributed by atoms with van der Waals surface area (Å²) in [5.74, 6) is -0.230. The van der Waals surface area contributed by atoms with E-state index in [1.165, 1.54) is 12.1 Å². The molecular formula is C15H12ClFO. The zero-order chi connectivity index (χ0) is 13.0. The van der Waals surface area contributed by atoms with Crippen LogP contribution in [0.3, 0.4) is 0 Å². The molecule has 2 aromatic rings. The van der Waals surface area contributed by atoms with Crippen LogP contribution in [-0.2, 0) is 17.6 Å². The second-order valence-corrected chi connectivity index (χ2v) is 4.52. The maximum absolute atomic E-state index is 12.7. The fourth-order valence-corrected chi connectivity index (χ4v) is 1.95. The largest absolute Gasteiger partial charge is 0.299 e. The van der Waals surface area contributed by atoms with E-state index in [1.807, 2.05) is 18.2 Å². The fourth-order valence-electron chi connectivity index (χ4n) is 1.75. The summed E-state index contributed by atoms with van der Waals surface area (Å²) >= 11 is 5.99. The van der Waals surface area contributed by atoms with Gasteiger partial charge in [-0.05, 0) is 29.3 Å². The van der Waals surface area contributed by atoms with Crippen LogP contribution in [0.25, 0.3) is 0 Å². The third kappa shape index (κ3) is 3.41. The predicted molar refractivity (Wildman–Crippen MR) is 70.3 cm³/mol. The van der Waals surface area contributed by atoms with Gasteiger partial charge in [0.2, 0.25) is 0 Å². The fraction of sp³-hybridized carbons (Fsp3) is 0.133. The van der Waals surface area contributed by atoms with Crippen LogP contribution >= 0.6 is 11.6 Å². The average Bonchev–Trinajstić information content (AvgIpc) is 2.35. The minimum Gasteiger partial charge on any atom is -0.299 e. The van der Waals surface area contributed by atoms with Crippen LogP contribution in [0.15, 0.2) is 48.5 Å². The van der Waals surface area contributed by atoms with Gasteiger partial charge in [0.15, 0.2) is 0 Å². The highest BCUT2D eigenvalue weighted by molar-refractivity contribution is 6.31. The molecular weight excluding hydrogens is 251 g/mol. The molecule has 0 saturated heterocycles. The first-order valence-electron chi connectivity index (χ1n) is 5.65. The highest BCUT2D eigenvalue weighted by Crippen LogP contribution is 2.16. The number of rotatable bonds is 4. The van der Waals surface area contributed by atoms with Crippen LogP contribution in [-0.4, -0.2) is 5.78 Å². The van der Waals surface area contributed by atoms with Crippen LogP contribution in [0, 0.1) is 5.82 Å². The first-order chi connectivity index (χ1) is 8.65. The molecule has 0 heterocycles. The van der Waals surface area contributed by atoms with Gasteiger partial charge in [0.05, 0.1) is 0 Å². The molecule has 0 aromatic heterocycles. The molecule has 0 aliphatic heterocycles. The highest BCUT2D eigenvalue weighted by Gasteiger charge is 2.07. The van der Waals surface area contributed by atoms with Crippen molar-refractivity contribution in [2.75, 3.05) is 0 Å². The number of hydrogen-bond acceptors (Lipinski definition) is 1. The van der Waals surface area contributed by atoms with Gasteiger partial charge in [0, 0.05) is 17.9 Å². The summed E-state index contributed by atoms with van der Waals surface area (Å²) in [5.41, 5.74) is 1.64. The minimum absolute atomic E-state index is 0.0645. The Kier molecular flexibility index (Phi) is 4.11. The second kappa shape index (κ2) is 5.78. The Hall–Kier alpha value is -1.67. The summed E-state index contributed by atoms with van der Waals surface area (Å²) in [7, 11) is 0. The Bertz CT molecular complexity index is 549. The first kappa shape index (κ1) is 12.8. The molecule has 0 unspecified atom stereocenters. The van der Waals surface area contributed by atoms with Crippen molar-refractivity contribution in [3.63, 3.8) is 0 Å². The summed E-state index contributed by atoms with van der Waals surface area (Å²) < 4.78 is 12.7. The molecule has 18 heavy (non-hydrogen) atoms. The smallest absolute Gasteiger partial charge is 0.141 e. The second-order valence-electron chi connectivity index (χ2n) is 4.11. The van der Waals surface area contributed by atoms with Gasteiger partial charge >= 0.3 is 0 Å². The van der Waals surface area contributed by atoms with E-state index < -0.39 is 0 Å². The Morgan fingerprint density at radius 1 is 1.00 bits per heavy atom. The highest BCUT2D eigenvalue weighted by atomic mass is 35.5. The Labute approximate surface area is 110 Å². The monoisotopic (exact) mass is 262 g/mol. The van der Waals surface area contributed by atoms with Crippen molar-refractivity contribution in [2.45, 2.75) is 12.8 Å². The zero-order valence-electron chi connectivity index (χ0n) is 9.70. The van der Waals surface area contributed by atoms with Crippen molar-refractivity contribution in [2.24, 2.45) is 0 Å². The summed E-state index contributed by atoms with van der Waals surface area (Å²) in [4.78, 5) is 11.9. The van der Waals surface area contributed by atoms with Gasteiger partial charge < -0.3 is 0 Å². The van der Waals surface area contributed by atoms with Crippen molar-refractivity contribution in [3.05, 3.63) is 70.5 Å². The quantitative estimate of drug-likeness (QED) is 0.818. The third-order valence-electron chi connectivity index (χ3n) is 2.66. The first-order valence-corrected chi connectivity index (χ1v) is 6.02. The lowest BCUT2D eigenvalue weighted by Crippen LogP contribution is -2.06. The van der Waals surface area contributed by atoms with E-state index in [1.54, 1.807) is 18.2 Å². The van der Waals surface area contributed by atoms with Crippen molar-refractivity contribution >= 4 is 17.4 Å². The molecule has 0 saturated carbocycles. The number of halogens is 2. The molecule has 0 bridgehead atoms.